The van der Waals surface area contributed by atoms with E-state index in [1.165, 1.54) is 31.4 Å². The normalized spacial score (nSPS) is 21.8. The number of amides is 3. The van der Waals surface area contributed by atoms with Gasteiger partial charge in [-0.25, -0.2) is 9.18 Å². The summed E-state index contributed by atoms with van der Waals surface area (Å²) in [4.78, 5) is 25.8. The highest BCUT2D eigenvalue weighted by Gasteiger charge is 2.30. The molecule has 1 heterocycles. The maximum Gasteiger partial charge on any atom is 0.315 e. The highest BCUT2D eigenvalue weighted by Crippen LogP contribution is 2.25. The lowest BCUT2D eigenvalue weighted by Crippen LogP contribution is -2.44. The van der Waals surface area contributed by atoms with Crippen molar-refractivity contribution in [1.82, 2.24) is 10.6 Å². The maximum absolute atomic E-state index is 13.0. The minimum atomic E-state index is -0.317. The van der Waals surface area contributed by atoms with E-state index in [0.717, 1.165) is 12.8 Å². The molecule has 2 fully saturated rings. The van der Waals surface area contributed by atoms with Crippen LogP contribution in [0.1, 0.15) is 38.5 Å². The smallest absolute Gasteiger partial charge is 0.315 e. The van der Waals surface area contributed by atoms with Gasteiger partial charge < -0.3 is 15.5 Å². The van der Waals surface area contributed by atoms with E-state index in [4.69, 9.17) is 0 Å². The first-order valence-corrected chi connectivity index (χ1v) is 8.72. The van der Waals surface area contributed by atoms with Gasteiger partial charge in [-0.05, 0) is 37.1 Å². The van der Waals surface area contributed by atoms with Gasteiger partial charge in [0.25, 0.3) is 0 Å². The summed E-state index contributed by atoms with van der Waals surface area (Å²) in [7, 11) is 0. The number of nitrogens with zero attached hydrogens (tertiary/aromatic N) is 1. The number of benzene rings is 1. The van der Waals surface area contributed by atoms with Gasteiger partial charge in [-0.2, -0.15) is 0 Å². The van der Waals surface area contributed by atoms with Crippen LogP contribution < -0.4 is 15.5 Å². The van der Waals surface area contributed by atoms with Gasteiger partial charge >= 0.3 is 6.03 Å². The van der Waals surface area contributed by atoms with E-state index in [1.807, 2.05) is 0 Å². The van der Waals surface area contributed by atoms with Gasteiger partial charge in [-0.1, -0.05) is 19.3 Å². The van der Waals surface area contributed by atoms with Crippen molar-refractivity contribution in [2.45, 2.75) is 44.6 Å². The number of hydrogen-bond donors (Lipinski definition) is 2. The molecule has 3 amide bonds. The summed E-state index contributed by atoms with van der Waals surface area (Å²) in [5.41, 5.74) is 0.704. The van der Waals surface area contributed by atoms with Crippen molar-refractivity contribution >= 4 is 17.6 Å². The zero-order chi connectivity index (χ0) is 16.9. The van der Waals surface area contributed by atoms with Crippen LogP contribution in [0.5, 0.6) is 0 Å². The molecule has 24 heavy (non-hydrogen) atoms. The highest BCUT2D eigenvalue weighted by atomic mass is 19.1. The molecule has 5 nitrogen and oxygen atoms in total. The molecule has 1 aliphatic heterocycles. The van der Waals surface area contributed by atoms with Gasteiger partial charge in [-0.15, -0.1) is 0 Å². The van der Waals surface area contributed by atoms with Gasteiger partial charge in [-0.3, -0.25) is 4.79 Å². The van der Waals surface area contributed by atoms with Crippen molar-refractivity contribution in [3.05, 3.63) is 30.1 Å². The molecule has 1 aliphatic carbocycles. The first-order valence-electron chi connectivity index (χ1n) is 8.72. The van der Waals surface area contributed by atoms with Gasteiger partial charge in [0.1, 0.15) is 5.82 Å². The zero-order valence-electron chi connectivity index (χ0n) is 13.8. The van der Waals surface area contributed by atoms with Crippen LogP contribution in [0.4, 0.5) is 14.9 Å². The summed E-state index contributed by atoms with van der Waals surface area (Å²) in [6, 6.07) is 6.06. The Morgan fingerprint density at radius 2 is 1.88 bits per heavy atom. The Hall–Kier alpha value is -2.11. The second-order valence-electron chi connectivity index (χ2n) is 6.74. The van der Waals surface area contributed by atoms with Crippen LogP contribution in [-0.2, 0) is 4.79 Å². The molecule has 3 rings (SSSR count). The van der Waals surface area contributed by atoms with E-state index in [9.17, 15) is 14.0 Å². The summed E-state index contributed by atoms with van der Waals surface area (Å²) >= 11 is 0. The third-order valence-corrected chi connectivity index (χ3v) is 4.84. The van der Waals surface area contributed by atoms with Crippen LogP contribution in [0.25, 0.3) is 0 Å². The average Bonchev–Trinajstić information content (AvgIpc) is 2.95. The Bertz CT molecular complexity index is 584. The first-order chi connectivity index (χ1) is 11.6. The van der Waals surface area contributed by atoms with E-state index < -0.39 is 0 Å². The van der Waals surface area contributed by atoms with Crippen LogP contribution in [0.2, 0.25) is 0 Å². The SMILES string of the molecule is O=C(NC[C@@H]1CC(=O)N(c2ccc(F)cc2)C1)NC1CCCCC1. The van der Waals surface area contributed by atoms with E-state index in [1.54, 1.807) is 17.0 Å². The van der Waals surface area contributed by atoms with Crippen LogP contribution in [0.3, 0.4) is 0 Å². The average molecular weight is 333 g/mol. The standard InChI is InChI=1S/C18H24FN3O2/c19-14-6-8-16(9-7-14)22-12-13(10-17(22)23)11-20-18(24)21-15-4-2-1-3-5-15/h6-9,13,15H,1-5,10-12H2,(H2,20,21,24)/t13-/m0/s1. The number of carbonyl (C=O) groups excluding carboxylic acids is 2. The Morgan fingerprint density at radius 3 is 2.58 bits per heavy atom. The molecule has 6 heteroatoms. The number of halogens is 1. The highest BCUT2D eigenvalue weighted by molar-refractivity contribution is 5.95. The molecular weight excluding hydrogens is 309 g/mol. The molecule has 0 radical (unpaired) electrons. The van der Waals surface area contributed by atoms with Crippen molar-refractivity contribution < 1.29 is 14.0 Å². The lowest BCUT2D eigenvalue weighted by Gasteiger charge is -2.23. The second-order valence-corrected chi connectivity index (χ2v) is 6.74. The van der Waals surface area contributed by atoms with Crippen LogP contribution in [0.15, 0.2) is 24.3 Å². The molecule has 1 saturated heterocycles. The number of urea groups is 1. The van der Waals surface area contributed by atoms with Crippen LogP contribution in [-0.4, -0.2) is 31.1 Å². The molecule has 130 valence electrons. The van der Waals surface area contributed by atoms with Crippen LogP contribution >= 0.6 is 0 Å². The van der Waals surface area contributed by atoms with Crippen LogP contribution in [0, 0.1) is 11.7 Å². The van der Waals surface area contributed by atoms with Crippen molar-refractivity contribution in [1.29, 1.82) is 0 Å². The number of rotatable bonds is 4. The van der Waals surface area contributed by atoms with Crippen molar-refractivity contribution in [2.75, 3.05) is 18.0 Å². The molecular formula is C18H24FN3O2. The fourth-order valence-electron chi connectivity index (χ4n) is 3.51. The third-order valence-electron chi connectivity index (χ3n) is 4.84. The van der Waals surface area contributed by atoms with E-state index in [0.29, 0.717) is 25.2 Å². The first kappa shape index (κ1) is 16.7. The summed E-state index contributed by atoms with van der Waals surface area (Å²) in [5.74, 6) is -0.219. The molecule has 0 bridgehead atoms. The second kappa shape index (κ2) is 7.64. The molecule has 0 spiro atoms. The predicted octanol–water partition coefficient (Wildman–Crippen LogP) is 2.81. The van der Waals surface area contributed by atoms with E-state index >= 15 is 0 Å². The topological polar surface area (TPSA) is 61.4 Å². The largest absolute Gasteiger partial charge is 0.338 e. The fourth-order valence-corrected chi connectivity index (χ4v) is 3.51. The van der Waals surface area contributed by atoms with Gasteiger partial charge in [0.05, 0.1) is 0 Å². The number of hydrogen-bond acceptors (Lipinski definition) is 2. The van der Waals surface area contributed by atoms with Crippen molar-refractivity contribution in [3.63, 3.8) is 0 Å². The molecule has 1 aromatic rings. The Morgan fingerprint density at radius 1 is 1.17 bits per heavy atom. The molecule has 1 aromatic carbocycles. The quantitative estimate of drug-likeness (QED) is 0.890. The Labute approximate surface area is 141 Å². The Kier molecular flexibility index (Phi) is 5.33. The number of anilines is 1. The maximum atomic E-state index is 13.0. The zero-order valence-corrected chi connectivity index (χ0v) is 13.8. The summed E-state index contributed by atoms with van der Waals surface area (Å²) in [6.07, 6.45) is 6.11. The van der Waals surface area contributed by atoms with E-state index in [-0.39, 0.29) is 29.7 Å². The summed E-state index contributed by atoms with van der Waals surface area (Å²) in [6.45, 7) is 1.02. The van der Waals surface area contributed by atoms with Gasteiger partial charge in [0.2, 0.25) is 5.91 Å². The lowest BCUT2D eigenvalue weighted by molar-refractivity contribution is -0.117. The number of carbonyl (C=O) groups is 2. The predicted molar refractivity (Wildman–Crippen MR) is 90.3 cm³/mol. The van der Waals surface area contributed by atoms with Gasteiger partial charge in [0.15, 0.2) is 0 Å². The molecule has 1 atom stereocenters. The molecule has 0 unspecified atom stereocenters. The molecule has 2 aliphatic rings. The molecule has 1 saturated carbocycles. The monoisotopic (exact) mass is 333 g/mol. The minimum Gasteiger partial charge on any atom is -0.338 e. The molecule has 0 aromatic heterocycles. The number of nitrogens with one attached hydrogen (secondary N) is 2. The fraction of sp³-hybridized carbons (Fsp3) is 0.556. The van der Waals surface area contributed by atoms with Crippen molar-refractivity contribution in [2.24, 2.45) is 5.92 Å². The summed E-state index contributed by atoms with van der Waals surface area (Å²) < 4.78 is 13.0. The molecule has 2 N–H and O–H groups in total. The van der Waals surface area contributed by atoms with Gasteiger partial charge in [0, 0.05) is 37.2 Å². The minimum absolute atomic E-state index is 0.0149. The van der Waals surface area contributed by atoms with Crippen molar-refractivity contribution in [3.8, 4) is 0 Å². The third kappa shape index (κ3) is 4.24. The Balaban J connectivity index is 1.45. The lowest BCUT2D eigenvalue weighted by atomic mass is 9.96. The van der Waals surface area contributed by atoms with E-state index in [2.05, 4.69) is 10.6 Å². The summed E-state index contributed by atoms with van der Waals surface area (Å²) in [5, 5.41) is 5.90.